The molecule has 0 aliphatic carbocycles. The van der Waals surface area contributed by atoms with Gasteiger partial charge in [-0.3, -0.25) is 10.4 Å². The van der Waals surface area contributed by atoms with Gasteiger partial charge in [0, 0.05) is 19.2 Å². The van der Waals surface area contributed by atoms with Crippen molar-refractivity contribution in [2.45, 2.75) is 19.9 Å². The van der Waals surface area contributed by atoms with Crippen molar-refractivity contribution in [2.75, 3.05) is 13.6 Å². The van der Waals surface area contributed by atoms with Crippen molar-refractivity contribution in [1.82, 2.24) is 10.3 Å². The molecule has 1 unspecified atom stereocenters. The second-order valence-electron chi connectivity index (χ2n) is 3.75. The Balaban J connectivity index is 2.93. The van der Waals surface area contributed by atoms with E-state index >= 15 is 0 Å². The lowest BCUT2D eigenvalue weighted by Gasteiger charge is -2.28. The Labute approximate surface area is 101 Å². The second-order valence-corrected chi connectivity index (χ2v) is 3.75. The first-order valence-corrected chi connectivity index (χ1v) is 5.60. The average Bonchev–Trinajstić information content (AvgIpc) is 2.35. The molecule has 5 heteroatoms. The van der Waals surface area contributed by atoms with Crippen molar-refractivity contribution in [3.63, 3.8) is 0 Å². The largest absolute Gasteiger partial charge is 0.338 e. The molecule has 4 nitrogen and oxygen atoms in total. The summed E-state index contributed by atoms with van der Waals surface area (Å²) in [6, 6.07) is 6.56. The molecule has 0 aliphatic rings. The van der Waals surface area contributed by atoms with Gasteiger partial charge in [0.25, 0.3) is 0 Å². The molecule has 0 heterocycles. The van der Waals surface area contributed by atoms with Gasteiger partial charge in [-0.2, -0.15) is 0 Å². The number of hydrogen-bond donors (Lipinski definition) is 2. The number of aliphatic imine (C=N–C) groups is 1. The van der Waals surface area contributed by atoms with Gasteiger partial charge in [0.05, 0.1) is 6.04 Å². The zero-order valence-corrected chi connectivity index (χ0v) is 10.4. The maximum Gasteiger partial charge on any atom is 0.208 e. The third kappa shape index (κ3) is 3.17. The molecule has 0 spiro atoms. The minimum atomic E-state index is -0.222. The molecule has 1 aromatic rings. The van der Waals surface area contributed by atoms with Crippen LogP contribution in [-0.2, 0) is 0 Å². The highest BCUT2D eigenvalue weighted by Crippen LogP contribution is 2.21. The highest BCUT2D eigenvalue weighted by Gasteiger charge is 2.17. The van der Waals surface area contributed by atoms with Crippen LogP contribution in [0, 0.1) is 5.82 Å². The lowest BCUT2D eigenvalue weighted by atomic mass is 10.1. The number of nitrogens with one attached hydrogen (secondary N) is 1. The van der Waals surface area contributed by atoms with Crippen LogP contribution in [0.5, 0.6) is 0 Å². The van der Waals surface area contributed by atoms with Crippen molar-refractivity contribution in [2.24, 2.45) is 10.8 Å². The SMILES string of the molecule is CCN=C(NN)N(C)C(C)c1ccccc1F. The number of nitrogens with two attached hydrogens (primary N) is 1. The molecule has 0 radical (unpaired) electrons. The van der Waals surface area contributed by atoms with Gasteiger partial charge in [0.1, 0.15) is 5.82 Å². The summed E-state index contributed by atoms with van der Waals surface area (Å²) < 4.78 is 13.6. The number of hydrazine groups is 1. The molecule has 0 bridgehead atoms. The van der Waals surface area contributed by atoms with E-state index in [0.29, 0.717) is 18.1 Å². The molecule has 17 heavy (non-hydrogen) atoms. The topological polar surface area (TPSA) is 53.6 Å². The Bertz CT molecular complexity index is 392. The molecular formula is C12H19FN4. The summed E-state index contributed by atoms with van der Waals surface area (Å²) in [6.07, 6.45) is 0. The summed E-state index contributed by atoms with van der Waals surface area (Å²) in [4.78, 5) is 6.01. The summed E-state index contributed by atoms with van der Waals surface area (Å²) in [5, 5.41) is 0. The van der Waals surface area contributed by atoms with Gasteiger partial charge in [0.2, 0.25) is 5.96 Å². The van der Waals surface area contributed by atoms with Gasteiger partial charge in [0.15, 0.2) is 0 Å². The first kappa shape index (κ1) is 13.4. The molecule has 0 aromatic heterocycles. The Hall–Kier alpha value is -1.62. The second kappa shape index (κ2) is 6.20. The number of hydrogen-bond acceptors (Lipinski definition) is 2. The standard InChI is InChI=1S/C12H19FN4/c1-4-15-12(16-14)17(3)9(2)10-7-5-6-8-11(10)13/h5-9H,4,14H2,1-3H3,(H,15,16). The molecule has 1 aromatic carbocycles. The van der Waals surface area contributed by atoms with Crippen LogP contribution in [0.1, 0.15) is 25.5 Å². The first-order valence-electron chi connectivity index (χ1n) is 5.60. The number of benzene rings is 1. The molecule has 3 N–H and O–H groups in total. The predicted octanol–water partition coefficient (Wildman–Crippen LogP) is 1.66. The Morgan fingerprint density at radius 1 is 1.53 bits per heavy atom. The highest BCUT2D eigenvalue weighted by molar-refractivity contribution is 5.79. The van der Waals surface area contributed by atoms with Crippen LogP contribution in [0.3, 0.4) is 0 Å². The maximum absolute atomic E-state index is 13.6. The van der Waals surface area contributed by atoms with Crippen LogP contribution in [0.2, 0.25) is 0 Å². The van der Waals surface area contributed by atoms with Crippen molar-refractivity contribution in [3.8, 4) is 0 Å². The zero-order valence-electron chi connectivity index (χ0n) is 10.4. The quantitative estimate of drug-likeness (QED) is 0.364. The van der Waals surface area contributed by atoms with Crippen molar-refractivity contribution >= 4 is 5.96 Å². The zero-order chi connectivity index (χ0) is 12.8. The van der Waals surface area contributed by atoms with Gasteiger partial charge >= 0.3 is 0 Å². The third-order valence-corrected chi connectivity index (χ3v) is 2.71. The summed E-state index contributed by atoms with van der Waals surface area (Å²) in [5.41, 5.74) is 3.15. The van der Waals surface area contributed by atoms with E-state index in [0.717, 1.165) is 0 Å². The van der Waals surface area contributed by atoms with E-state index in [9.17, 15) is 4.39 Å². The minimum absolute atomic E-state index is 0.141. The average molecular weight is 238 g/mol. The monoisotopic (exact) mass is 238 g/mol. The van der Waals surface area contributed by atoms with Gasteiger partial charge in [-0.15, -0.1) is 0 Å². The number of rotatable bonds is 3. The molecule has 0 amide bonds. The summed E-state index contributed by atoms with van der Waals surface area (Å²) >= 11 is 0. The fourth-order valence-electron chi connectivity index (χ4n) is 1.61. The molecular weight excluding hydrogens is 219 g/mol. The van der Waals surface area contributed by atoms with Gasteiger partial charge in [-0.1, -0.05) is 18.2 Å². The Kier molecular flexibility index (Phi) is 4.90. The molecule has 0 aliphatic heterocycles. The molecule has 0 saturated carbocycles. The maximum atomic E-state index is 13.6. The third-order valence-electron chi connectivity index (χ3n) is 2.71. The van der Waals surface area contributed by atoms with Crippen LogP contribution in [0.15, 0.2) is 29.3 Å². The van der Waals surface area contributed by atoms with E-state index in [1.54, 1.807) is 12.1 Å². The summed E-state index contributed by atoms with van der Waals surface area (Å²) in [5.74, 6) is 5.72. The number of nitrogens with zero attached hydrogens (tertiary/aromatic N) is 2. The van der Waals surface area contributed by atoms with Crippen molar-refractivity contribution in [3.05, 3.63) is 35.6 Å². The van der Waals surface area contributed by atoms with Gasteiger partial charge in [-0.25, -0.2) is 10.2 Å². The van der Waals surface area contributed by atoms with Crippen LogP contribution >= 0.6 is 0 Å². The number of guanidine groups is 1. The predicted molar refractivity (Wildman–Crippen MR) is 67.9 cm³/mol. The van der Waals surface area contributed by atoms with E-state index < -0.39 is 0 Å². The fourth-order valence-corrected chi connectivity index (χ4v) is 1.61. The minimum Gasteiger partial charge on any atom is -0.338 e. The van der Waals surface area contributed by atoms with E-state index in [4.69, 9.17) is 5.84 Å². The lowest BCUT2D eigenvalue weighted by molar-refractivity contribution is 0.375. The number of halogens is 1. The van der Waals surface area contributed by atoms with Gasteiger partial charge in [-0.05, 0) is 19.9 Å². The molecule has 0 saturated heterocycles. The van der Waals surface area contributed by atoms with Crippen molar-refractivity contribution < 1.29 is 4.39 Å². The van der Waals surface area contributed by atoms with Crippen molar-refractivity contribution in [1.29, 1.82) is 0 Å². The van der Waals surface area contributed by atoms with Gasteiger partial charge < -0.3 is 4.90 Å². The van der Waals surface area contributed by atoms with E-state index in [-0.39, 0.29) is 11.9 Å². The Morgan fingerprint density at radius 3 is 2.71 bits per heavy atom. The van der Waals surface area contributed by atoms with E-state index in [1.807, 2.05) is 31.9 Å². The van der Waals surface area contributed by atoms with Crippen LogP contribution < -0.4 is 11.3 Å². The van der Waals surface area contributed by atoms with E-state index in [2.05, 4.69) is 10.4 Å². The lowest BCUT2D eigenvalue weighted by Crippen LogP contribution is -2.44. The molecule has 0 fully saturated rings. The molecule has 94 valence electrons. The molecule has 1 rings (SSSR count). The summed E-state index contributed by atoms with van der Waals surface area (Å²) in [7, 11) is 1.82. The van der Waals surface area contributed by atoms with Crippen LogP contribution in [0.25, 0.3) is 0 Å². The normalized spacial score (nSPS) is 13.4. The Morgan fingerprint density at radius 2 is 2.18 bits per heavy atom. The van der Waals surface area contributed by atoms with Crippen LogP contribution in [0.4, 0.5) is 4.39 Å². The molecule has 1 atom stereocenters. The van der Waals surface area contributed by atoms with Crippen LogP contribution in [-0.4, -0.2) is 24.5 Å². The first-order chi connectivity index (χ1) is 8.11. The van der Waals surface area contributed by atoms with E-state index in [1.165, 1.54) is 6.07 Å². The summed E-state index contributed by atoms with van der Waals surface area (Å²) in [6.45, 7) is 4.44. The highest BCUT2D eigenvalue weighted by atomic mass is 19.1. The smallest absolute Gasteiger partial charge is 0.208 e. The fraction of sp³-hybridized carbons (Fsp3) is 0.417.